The van der Waals surface area contributed by atoms with E-state index in [1.165, 1.54) is 11.3 Å². The lowest BCUT2D eigenvalue weighted by Gasteiger charge is -2.30. The molecule has 112 valence electrons. The summed E-state index contributed by atoms with van der Waals surface area (Å²) in [5.41, 5.74) is 0. The normalized spacial score (nSPS) is 18.0. The molecule has 0 fully saturated rings. The third kappa shape index (κ3) is 4.36. The van der Waals surface area contributed by atoms with E-state index in [2.05, 4.69) is 0 Å². The second kappa shape index (κ2) is 6.43. The van der Waals surface area contributed by atoms with E-state index in [0.717, 1.165) is 17.9 Å². The van der Waals surface area contributed by atoms with Gasteiger partial charge in [-0.1, -0.05) is 0 Å². The number of hydrogen-bond acceptors (Lipinski definition) is 6. The van der Waals surface area contributed by atoms with Gasteiger partial charge in [0.15, 0.2) is 18.1 Å². The third-order valence-electron chi connectivity index (χ3n) is 2.99. The van der Waals surface area contributed by atoms with Gasteiger partial charge >= 0.3 is 0 Å². The highest BCUT2D eigenvalue weighted by atomic mass is 32.1. The maximum atomic E-state index is 10.6. The lowest BCUT2D eigenvalue weighted by Crippen LogP contribution is -2.49. The number of hydrogen-bond donors (Lipinski definition) is 0. The molecule has 6 nitrogen and oxygen atoms in total. The van der Waals surface area contributed by atoms with E-state index in [1.807, 2.05) is 24.9 Å². The van der Waals surface area contributed by atoms with E-state index in [0.29, 0.717) is 24.2 Å². The lowest BCUT2D eigenvalue weighted by atomic mass is 10.3. The van der Waals surface area contributed by atoms with Crippen molar-refractivity contribution in [2.75, 3.05) is 40.4 Å². The highest BCUT2D eigenvalue weighted by Gasteiger charge is 2.22. The first-order chi connectivity index (χ1) is 9.46. The van der Waals surface area contributed by atoms with Crippen LogP contribution >= 0.6 is 11.3 Å². The molecule has 0 spiro atoms. The molecule has 0 amide bonds. The molecule has 1 aromatic heterocycles. The molecule has 0 saturated heterocycles. The SMILES string of the molecule is C[N+](C)(CCCOC1COc2cscc2O1)CC(=O)[O-]. The van der Waals surface area contributed by atoms with Crippen LogP contribution in [0.3, 0.4) is 0 Å². The summed E-state index contributed by atoms with van der Waals surface area (Å²) in [6.07, 6.45) is 0.352. The topological polar surface area (TPSA) is 67.8 Å². The number of aliphatic carboxylic acids is 1. The number of likely N-dealkylation sites (N-methyl/N-ethyl adjacent to an activating group) is 1. The predicted molar refractivity (Wildman–Crippen MR) is 71.6 cm³/mol. The van der Waals surface area contributed by atoms with Gasteiger partial charge in [-0.25, -0.2) is 0 Å². The number of thiophene rings is 1. The van der Waals surface area contributed by atoms with Crippen LogP contribution in [0.5, 0.6) is 11.5 Å². The van der Waals surface area contributed by atoms with Gasteiger partial charge in [0.25, 0.3) is 0 Å². The van der Waals surface area contributed by atoms with Gasteiger partial charge < -0.3 is 28.6 Å². The molecule has 0 N–H and O–H groups in total. The molecular weight excluding hydrogens is 282 g/mol. The van der Waals surface area contributed by atoms with Crippen molar-refractivity contribution >= 4 is 17.3 Å². The molecule has 1 aliphatic heterocycles. The number of rotatable bonds is 7. The maximum absolute atomic E-state index is 10.6. The Balaban J connectivity index is 1.66. The number of carbonyl (C=O) groups excluding carboxylic acids is 1. The maximum Gasteiger partial charge on any atom is 0.234 e. The Bertz CT molecular complexity index is 459. The van der Waals surface area contributed by atoms with E-state index < -0.39 is 12.3 Å². The summed E-state index contributed by atoms with van der Waals surface area (Å²) in [6, 6.07) is 0. The Hall–Kier alpha value is -1.31. The number of fused-ring (bicyclic) bond motifs is 1. The van der Waals surface area contributed by atoms with Gasteiger partial charge in [-0.2, -0.15) is 0 Å². The van der Waals surface area contributed by atoms with Crippen LogP contribution in [0.1, 0.15) is 6.42 Å². The Morgan fingerprint density at radius 3 is 3.00 bits per heavy atom. The van der Waals surface area contributed by atoms with Gasteiger partial charge in [0, 0.05) is 17.2 Å². The zero-order valence-electron chi connectivity index (χ0n) is 11.7. The summed E-state index contributed by atoms with van der Waals surface area (Å²) >= 11 is 1.53. The van der Waals surface area contributed by atoms with E-state index in [4.69, 9.17) is 14.2 Å². The van der Waals surface area contributed by atoms with Crippen LogP contribution < -0.4 is 14.6 Å². The second-order valence-corrected chi connectivity index (χ2v) is 6.12. The molecule has 1 aliphatic rings. The van der Waals surface area contributed by atoms with Crippen molar-refractivity contribution in [1.82, 2.24) is 0 Å². The smallest absolute Gasteiger partial charge is 0.234 e. The Morgan fingerprint density at radius 1 is 1.50 bits per heavy atom. The Kier molecular flexibility index (Phi) is 4.85. The molecule has 0 aliphatic carbocycles. The predicted octanol–water partition coefficient (Wildman–Crippen LogP) is 0.0784. The van der Waals surface area contributed by atoms with Crippen molar-refractivity contribution in [1.29, 1.82) is 0 Å². The average Bonchev–Trinajstić information content (AvgIpc) is 2.80. The molecule has 0 radical (unpaired) electrons. The minimum atomic E-state index is -1.04. The molecule has 0 saturated carbocycles. The quantitative estimate of drug-likeness (QED) is 0.527. The van der Waals surface area contributed by atoms with Gasteiger partial charge in [-0.15, -0.1) is 11.3 Å². The largest absolute Gasteiger partial charge is 0.544 e. The highest BCUT2D eigenvalue weighted by molar-refractivity contribution is 7.08. The van der Waals surface area contributed by atoms with Crippen LogP contribution in [0.2, 0.25) is 0 Å². The fourth-order valence-electron chi connectivity index (χ4n) is 2.02. The molecule has 0 aromatic carbocycles. The van der Waals surface area contributed by atoms with Crippen molar-refractivity contribution < 1.29 is 28.6 Å². The Labute approximate surface area is 122 Å². The van der Waals surface area contributed by atoms with E-state index in [-0.39, 0.29) is 6.54 Å². The van der Waals surface area contributed by atoms with Gasteiger partial charge in [0.2, 0.25) is 6.29 Å². The zero-order valence-corrected chi connectivity index (χ0v) is 12.5. The monoisotopic (exact) mass is 301 g/mol. The van der Waals surface area contributed by atoms with Crippen LogP contribution in [0.25, 0.3) is 0 Å². The van der Waals surface area contributed by atoms with Crippen LogP contribution in [0.15, 0.2) is 10.8 Å². The van der Waals surface area contributed by atoms with Crippen LogP contribution in [0, 0.1) is 0 Å². The number of carbonyl (C=O) groups is 1. The molecule has 20 heavy (non-hydrogen) atoms. The van der Waals surface area contributed by atoms with Crippen LogP contribution in [0.4, 0.5) is 0 Å². The number of quaternary nitrogens is 1. The number of carboxylic acid groups (broad SMARTS) is 1. The average molecular weight is 301 g/mol. The standard InChI is InChI=1S/C13H19NO5S/c1-14(2,6-12(15)16)4-3-5-17-13-7-18-10-8-20-9-11(10)19-13/h8-9,13H,3-7H2,1-2H3. The third-order valence-corrected chi connectivity index (χ3v) is 3.70. The van der Waals surface area contributed by atoms with Gasteiger partial charge in [-0.05, 0) is 0 Å². The van der Waals surface area contributed by atoms with Crippen molar-refractivity contribution in [2.24, 2.45) is 0 Å². The minimum Gasteiger partial charge on any atom is -0.544 e. The van der Waals surface area contributed by atoms with Gasteiger partial charge in [-0.3, -0.25) is 0 Å². The first-order valence-electron chi connectivity index (χ1n) is 6.45. The molecule has 7 heteroatoms. The lowest BCUT2D eigenvalue weighted by molar-refractivity contribution is -0.885. The van der Waals surface area contributed by atoms with E-state index in [9.17, 15) is 9.90 Å². The highest BCUT2D eigenvalue weighted by Crippen LogP contribution is 2.35. The van der Waals surface area contributed by atoms with Crippen molar-refractivity contribution in [3.05, 3.63) is 10.8 Å². The summed E-state index contributed by atoms with van der Waals surface area (Å²) in [4.78, 5) is 10.6. The van der Waals surface area contributed by atoms with Crippen molar-refractivity contribution in [3.8, 4) is 11.5 Å². The summed E-state index contributed by atoms with van der Waals surface area (Å²) in [6.45, 7) is 1.58. The number of carboxylic acids is 1. The van der Waals surface area contributed by atoms with E-state index >= 15 is 0 Å². The molecule has 1 atom stereocenters. The number of nitrogens with zero attached hydrogens (tertiary/aromatic N) is 1. The molecule has 0 bridgehead atoms. The molecule has 2 heterocycles. The molecule has 1 aromatic rings. The van der Waals surface area contributed by atoms with Crippen molar-refractivity contribution in [3.63, 3.8) is 0 Å². The molecule has 1 unspecified atom stereocenters. The first-order valence-corrected chi connectivity index (χ1v) is 7.40. The summed E-state index contributed by atoms with van der Waals surface area (Å²) in [5.74, 6) is 0.450. The van der Waals surface area contributed by atoms with Crippen molar-refractivity contribution in [2.45, 2.75) is 12.7 Å². The molecular formula is C13H19NO5S. The Morgan fingerprint density at radius 2 is 2.25 bits per heavy atom. The number of ether oxygens (including phenoxy) is 3. The minimum absolute atomic E-state index is 0.00129. The van der Waals surface area contributed by atoms with Crippen LogP contribution in [-0.4, -0.2) is 57.1 Å². The summed E-state index contributed by atoms with van der Waals surface area (Å²) in [5, 5.41) is 14.4. The fraction of sp³-hybridized carbons (Fsp3) is 0.615. The first kappa shape index (κ1) is 15.1. The molecule has 2 rings (SSSR count). The van der Waals surface area contributed by atoms with Gasteiger partial charge in [0.05, 0.1) is 33.2 Å². The van der Waals surface area contributed by atoms with Crippen LogP contribution in [-0.2, 0) is 9.53 Å². The van der Waals surface area contributed by atoms with E-state index in [1.54, 1.807) is 0 Å². The second-order valence-electron chi connectivity index (χ2n) is 5.37. The van der Waals surface area contributed by atoms with Gasteiger partial charge in [0.1, 0.15) is 6.54 Å². The summed E-state index contributed by atoms with van der Waals surface area (Å²) in [7, 11) is 3.71. The zero-order chi connectivity index (χ0) is 14.6. The fourth-order valence-corrected chi connectivity index (χ4v) is 2.69. The summed E-state index contributed by atoms with van der Waals surface area (Å²) < 4.78 is 17.1.